The van der Waals surface area contributed by atoms with Crippen LogP contribution in [0.15, 0.2) is 52.5 Å². The van der Waals surface area contributed by atoms with Crippen molar-refractivity contribution in [3.63, 3.8) is 0 Å². The lowest BCUT2D eigenvalue weighted by molar-refractivity contribution is 0.611. The van der Waals surface area contributed by atoms with Crippen LogP contribution in [-0.2, 0) is 6.42 Å². The van der Waals surface area contributed by atoms with Gasteiger partial charge in [0.15, 0.2) is 0 Å². The van der Waals surface area contributed by atoms with Crippen LogP contribution in [-0.4, -0.2) is 13.1 Å². The Bertz CT molecular complexity index is 701. The minimum Gasteiger partial charge on any atom is -0.316 e. The molecule has 1 aromatic rings. The fraction of sp³-hybridized carbons (Fsp3) is 0.333. The van der Waals surface area contributed by atoms with Gasteiger partial charge >= 0.3 is 0 Å². The van der Waals surface area contributed by atoms with Crippen molar-refractivity contribution in [2.75, 3.05) is 13.1 Å². The van der Waals surface area contributed by atoms with Gasteiger partial charge in [0.1, 0.15) is 0 Å². The van der Waals surface area contributed by atoms with E-state index in [-0.39, 0.29) is 0 Å². The molecule has 4 rings (SSSR count). The lowest BCUT2D eigenvalue weighted by Crippen LogP contribution is -2.24. The summed E-state index contributed by atoms with van der Waals surface area (Å²) in [7, 11) is 0. The molecular weight excluding hydrogens is 298 g/mol. The van der Waals surface area contributed by atoms with E-state index in [9.17, 15) is 0 Å². The van der Waals surface area contributed by atoms with Crippen molar-refractivity contribution in [2.24, 2.45) is 0 Å². The first-order chi connectivity index (χ1) is 11.4. The predicted octanol–water partition coefficient (Wildman–Crippen LogP) is 4.89. The van der Waals surface area contributed by atoms with E-state index >= 15 is 0 Å². The predicted molar refractivity (Wildman–Crippen MR) is 101 cm³/mol. The van der Waals surface area contributed by atoms with Crippen LogP contribution in [0, 0.1) is 12.8 Å². The summed E-state index contributed by atoms with van der Waals surface area (Å²) in [6.45, 7) is 2.25. The molecular formula is C21H23NS. The lowest BCUT2D eigenvalue weighted by atomic mass is 9.87. The number of terminal acetylenes is 1. The molecule has 0 amide bonds. The van der Waals surface area contributed by atoms with Gasteiger partial charge in [-0.2, -0.15) is 0 Å². The summed E-state index contributed by atoms with van der Waals surface area (Å²) < 4.78 is 0. The van der Waals surface area contributed by atoms with Crippen LogP contribution in [0.3, 0.4) is 0 Å². The van der Waals surface area contributed by atoms with Crippen LogP contribution in [0.25, 0.3) is 5.57 Å². The first-order valence-electron chi connectivity index (χ1n) is 8.33. The van der Waals surface area contributed by atoms with Gasteiger partial charge in [-0.3, -0.25) is 0 Å². The third-order valence-corrected chi connectivity index (χ3v) is 5.67. The van der Waals surface area contributed by atoms with E-state index in [1.807, 2.05) is 11.3 Å². The number of piperidine rings is 1. The summed E-state index contributed by atoms with van der Waals surface area (Å²) in [6, 6.07) is 2.35. The molecule has 1 nitrogen and oxygen atoms in total. The van der Waals surface area contributed by atoms with Crippen molar-refractivity contribution in [3.05, 3.63) is 62.9 Å². The van der Waals surface area contributed by atoms with Gasteiger partial charge in [0, 0.05) is 4.88 Å². The number of thiophene rings is 1. The van der Waals surface area contributed by atoms with E-state index in [1.165, 1.54) is 42.4 Å². The minimum absolute atomic E-state index is 1.06. The molecule has 0 radical (unpaired) electrons. The van der Waals surface area contributed by atoms with Gasteiger partial charge in [-0.1, -0.05) is 29.9 Å². The summed E-state index contributed by atoms with van der Waals surface area (Å²) in [5.74, 6) is 0. The van der Waals surface area contributed by atoms with Gasteiger partial charge < -0.3 is 5.32 Å². The van der Waals surface area contributed by atoms with Crippen LogP contribution in [0.2, 0.25) is 0 Å². The topological polar surface area (TPSA) is 12.0 Å². The largest absolute Gasteiger partial charge is 0.316 e. The average Bonchev–Trinajstić information content (AvgIpc) is 2.87. The molecule has 0 saturated carbocycles. The molecule has 0 spiro atoms. The van der Waals surface area contributed by atoms with E-state index < -0.39 is 0 Å². The standard InChI is InChI=1S/C19H21NS.C2H2/c1-2-4-14-6-7-18-17(10-13-21-18)19(16(14)5-3-1)15-8-11-20-12-9-15;1-2/h2-5,10,13,20H,1,6-9,11-12H2;1-2H. The fourth-order valence-electron chi connectivity index (χ4n) is 3.64. The smallest absolute Gasteiger partial charge is 0.0127 e. The van der Waals surface area contributed by atoms with Gasteiger partial charge in [-0.25, -0.2) is 0 Å². The fourth-order valence-corrected chi connectivity index (χ4v) is 4.53. The molecule has 0 aromatic carbocycles. The second-order valence-electron chi connectivity index (χ2n) is 5.97. The first kappa shape index (κ1) is 16.1. The molecule has 2 aliphatic carbocycles. The van der Waals surface area contributed by atoms with E-state index in [1.54, 1.807) is 16.0 Å². The molecule has 1 N–H and O–H groups in total. The second kappa shape index (κ2) is 7.64. The molecule has 0 atom stereocenters. The molecule has 23 heavy (non-hydrogen) atoms. The van der Waals surface area contributed by atoms with E-state index in [4.69, 9.17) is 0 Å². The maximum Gasteiger partial charge on any atom is 0.0127 e. The number of fused-ring (bicyclic) bond motifs is 1. The quantitative estimate of drug-likeness (QED) is 0.671. The monoisotopic (exact) mass is 321 g/mol. The summed E-state index contributed by atoms with van der Waals surface area (Å²) in [4.78, 5) is 1.57. The zero-order valence-corrected chi connectivity index (χ0v) is 14.3. The Labute approximate surface area is 143 Å². The maximum absolute atomic E-state index is 4.00. The molecule has 118 valence electrons. The van der Waals surface area contributed by atoms with Gasteiger partial charge in [0.25, 0.3) is 0 Å². The summed E-state index contributed by atoms with van der Waals surface area (Å²) in [5.41, 5.74) is 7.76. The normalized spacial score (nSPS) is 20.1. The highest BCUT2D eigenvalue weighted by atomic mass is 32.1. The van der Waals surface area contributed by atoms with Crippen LogP contribution >= 0.6 is 11.3 Å². The molecule has 1 aromatic heterocycles. The van der Waals surface area contributed by atoms with Gasteiger partial charge in [0.2, 0.25) is 0 Å². The number of hydrogen-bond donors (Lipinski definition) is 1. The van der Waals surface area contributed by atoms with Crippen molar-refractivity contribution in [3.8, 4) is 12.8 Å². The van der Waals surface area contributed by atoms with Crippen LogP contribution in [0.4, 0.5) is 0 Å². The van der Waals surface area contributed by atoms with Crippen LogP contribution < -0.4 is 5.32 Å². The van der Waals surface area contributed by atoms with E-state index in [0.717, 1.165) is 19.5 Å². The first-order valence-corrected chi connectivity index (χ1v) is 9.21. The Morgan fingerprint density at radius 3 is 2.57 bits per heavy atom. The summed E-state index contributed by atoms with van der Waals surface area (Å²) in [5, 5.41) is 5.76. The average molecular weight is 321 g/mol. The molecule has 1 fully saturated rings. The van der Waals surface area contributed by atoms with Crippen LogP contribution in [0.5, 0.6) is 0 Å². The van der Waals surface area contributed by atoms with Crippen molar-refractivity contribution in [1.29, 1.82) is 0 Å². The maximum atomic E-state index is 4.00. The number of hydrogen-bond acceptors (Lipinski definition) is 2. The number of nitrogens with one attached hydrogen (secondary N) is 1. The van der Waals surface area contributed by atoms with E-state index in [2.05, 4.69) is 53.9 Å². The van der Waals surface area contributed by atoms with Crippen molar-refractivity contribution in [1.82, 2.24) is 5.32 Å². The zero-order chi connectivity index (χ0) is 16.1. The number of rotatable bonds is 0. The summed E-state index contributed by atoms with van der Waals surface area (Å²) >= 11 is 1.93. The highest BCUT2D eigenvalue weighted by Crippen LogP contribution is 2.41. The molecule has 1 saturated heterocycles. The van der Waals surface area contributed by atoms with Crippen molar-refractivity contribution >= 4 is 16.9 Å². The minimum atomic E-state index is 1.06. The van der Waals surface area contributed by atoms with Crippen molar-refractivity contribution < 1.29 is 0 Å². The molecule has 1 aliphatic heterocycles. The Morgan fingerprint density at radius 1 is 0.957 bits per heavy atom. The zero-order valence-electron chi connectivity index (χ0n) is 13.5. The Balaban J connectivity index is 0.000000753. The Hall–Kier alpha value is -1.82. The molecule has 0 unspecified atom stereocenters. The third kappa shape index (κ3) is 3.27. The van der Waals surface area contributed by atoms with Gasteiger partial charge in [-0.05, 0) is 78.9 Å². The third-order valence-electron chi connectivity index (χ3n) is 4.69. The highest BCUT2D eigenvalue weighted by Gasteiger charge is 2.23. The van der Waals surface area contributed by atoms with E-state index in [0.29, 0.717) is 0 Å². The van der Waals surface area contributed by atoms with Gasteiger partial charge in [0.05, 0.1) is 0 Å². The summed E-state index contributed by atoms with van der Waals surface area (Å²) in [6.07, 6.45) is 23.2. The highest BCUT2D eigenvalue weighted by molar-refractivity contribution is 7.10. The SMILES string of the molecule is C#C.C1=CC2=C(C=CC1)C(=C1CCNCC1)c1ccsc1CC2. The molecule has 0 bridgehead atoms. The molecule has 3 aliphatic rings. The number of allylic oxidation sites excluding steroid dienone is 7. The molecule has 2 heteroatoms. The Morgan fingerprint density at radius 2 is 1.74 bits per heavy atom. The lowest BCUT2D eigenvalue weighted by Gasteiger charge is -2.21. The number of aryl methyl sites for hydroxylation is 1. The molecule has 2 heterocycles. The Kier molecular flexibility index (Phi) is 5.33. The van der Waals surface area contributed by atoms with Crippen LogP contribution in [0.1, 0.15) is 36.1 Å². The second-order valence-corrected chi connectivity index (χ2v) is 6.97. The van der Waals surface area contributed by atoms with Gasteiger partial charge in [-0.15, -0.1) is 24.2 Å². The van der Waals surface area contributed by atoms with Crippen molar-refractivity contribution in [2.45, 2.75) is 32.1 Å².